The molecule has 0 aliphatic rings. The quantitative estimate of drug-likeness (QED) is 0.271. The summed E-state index contributed by atoms with van der Waals surface area (Å²) >= 11 is 0. The van der Waals surface area contributed by atoms with Crippen molar-refractivity contribution in [3.63, 3.8) is 0 Å². The molecular weight excluding hydrogens is 170 g/mol. The van der Waals surface area contributed by atoms with E-state index in [1.165, 1.54) is 7.11 Å². The summed E-state index contributed by atoms with van der Waals surface area (Å²) in [5, 5.41) is 0. The van der Waals surface area contributed by atoms with E-state index in [0.29, 0.717) is 0 Å². The SMILES string of the molecule is COCCOP(=O)(O)O.[H-].[Na+]. The van der Waals surface area contributed by atoms with E-state index in [1.807, 2.05) is 0 Å². The van der Waals surface area contributed by atoms with Gasteiger partial charge in [0.15, 0.2) is 0 Å². The summed E-state index contributed by atoms with van der Waals surface area (Å²) in [6.45, 7) is 0.103. The maximum Gasteiger partial charge on any atom is 1.00 e. The third kappa shape index (κ3) is 11.8. The normalized spacial score (nSPS) is 10.7. The number of hydrogen-bond acceptors (Lipinski definition) is 3. The van der Waals surface area contributed by atoms with Crippen molar-refractivity contribution >= 4 is 7.82 Å². The molecule has 0 bridgehead atoms. The minimum atomic E-state index is -4.28. The van der Waals surface area contributed by atoms with Gasteiger partial charge in [0.25, 0.3) is 0 Å². The maximum absolute atomic E-state index is 9.92. The Bertz CT molecular complexity index is 116. The molecular formula is C3H10NaO5P. The molecule has 0 aliphatic carbocycles. The summed E-state index contributed by atoms with van der Waals surface area (Å²) in [5.41, 5.74) is 0. The Morgan fingerprint density at radius 3 is 2.30 bits per heavy atom. The molecule has 0 unspecified atom stereocenters. The van der Waals surface area contributed by atoms with E-state index < -0.39 is 7.82 Å². The second kappa shape index (κ2) is 6.76. The number of phosphoric acid groups is 1. The van der Waals surface area contributed by atoms with Crippen molar-refractivity contribution in [3.05, 3.63) is 0 Å². The van der Waals surface area contributed by atoms with Crippen LogP contribution in [-0.2, 0) is 13.8 Å². The van der Waals surface area contributed by atoms with Gasteiger partial charge in [-0.3, -0.25) is 4.52 Å². The van der Waals surface area contributed by atoms with E-state index in [2.05, 4.69) is 9.26 Å². The summed E-state index contributed by atoms with van der Waals surface area (Å²) in [6.07, 6.45) is 0. The Hall–Kier alpha value is 1.07. The fraction of sp³-hybridized carbons (Fsp3) is 1.00. The molecule has 0 aromatic heterocycles. The van der Waals surface area contributed by atoms with Gasteiger partial charge in [-0.2, -0.15) is 0 Å². The van der Waals surface area contributed by atoms with Crippen LogP contribution < -0.4 is 29.6 Å². The molecule has 10 heavy (non-hydrogen) atoms. The maximum atomic E-state index is 9.92. The molecule has 0 saturated carbocycles. The molecule has 0 aromatic carbocycles. The molecule has 0 heterocycles. The zero-order valence-corrected chi connectivity index (χ0v) is 8.88. The Morgan fingerprint density at radius 2 is 2.00 bits per heavy atom. The summed E-state index contributed by atoms with van der Waals surface area (Å²) in [4.78, 5) is 16.2. The minimum absolute atomic E-state index is 0. The second-order valence-corrected chi connectivity index (χ2v) is 2.56. The van der Waals surface area contributed by atoms with E-state index in [-0.39, 0.29) is 44.2 Å². The number of methoxy groups -OCH3 is 1. The van der Waals surface area contributed by atoms with Gasteiger partial charge < -0.3 is 16.0 Å². The zero-order valence-electron chi connectivity index (χ0n) is 6.98. The van der Waals surface area contributed by atoms with Crippen LogP contribution in [0.3, 0.4) is 0 Å². The molecule has 0 radical (unpaired) electrons. The first-order valence-electron chi connectivity index (χ1n) is 2.25. The second-order valence-electron chi connectivity index (χ2n) is 1.32. The van der Waals surface area contributed by atoms with Crippen molar-refractivity contribution in [1.82, 2.24) is 0 Å². The van der Waals surface area contributed by atoms with E-state index in [1.54, 1.807) is 0 Å². The summed E-state index contributed by atoms with van der Waals surface area (Å²) in [5.74, 6) is 0. The van der Waals surface area contributed by atoms with Gasteiger partial charge in [0.2, 0.25) is 0 Å². The van der Waals surface area contributed by atoms with Crippen LogP contribution in [0.1, 0.15) is 1.43 Å². The molecule has 58 valence electrons. The predicted octanol–water partition coefficient (Wildman–Crippen LogP) is -3.14. The molecule has 0 atom stereocenters. The molecule has 0 rings (SSSR count). The van der Waals surface area contributed by atoms with Gasteiger partial charge in [-0.1, -0.05) is 0 Å². The number of rotatable bonds is 4. The van der Waals surface area contributed by atoms with Crippen LogP contribution in [-0.4, -0.2) is 30.1 Å². The molecule has 0 aromatic rings. The first-order chi connectivity index (χ1) is 4.06. The standard InChI is InChI=1S/C3H9O5P.Na.H/c1-7-2-3-8-9(4,5)6;;/h2-3H2,1H3,(H2,4,5,6);;/q;+1;-1. The monoisotopic (exact) mass is 180 g/mol. The van der Waals surface area contributed by atoms with Crippen molar-refractivity contribution < 1.29 is 54.6 Å². The van der Waals surface area contributed by atoms with Gasteiger partial charge >= 0.3 is 37.4 Å². The van der Waals surface area contributed by atoms with E-state index in [9.17, 15) is 4.57 Å². The molecule has 0 spiro atoms. The van der Waals surface area contributed by atoms with Crippen LogP contribution in [0.25, 0.3) is 0 Å². The molecule has 0 fully saturated rings. The molecule has 5 nitrogen and oxygen atoms in total. The number of phosphoric ester groups is 1. The third-order valence-electron chi connectivity index (χ3n) is 0.547. The van der Waals surface area contributed by atoms with Crippen molar-refractivity contribution in [2.24, 2.45) is 0 Å². The van der Waals surface area contributed by atoms with Crippen LogP contribution in [0.2, 0.25) is 0 Å². The Labute approximate surface area is 82.7 Å². The zero-order chi connectivity index (χ0) is 7.33. The fourth-order valence-electron chi connectivity index (χ4n) is 0.240. The summed E-state index contributed by atoms with van der Waals surface area (Å²) < 4.78 is 18.4. The third-order valence-corrected chi connectivity index (χ3v) is 1.07. The van der Waals surface area contributed by atoms with Crippen molar-refractivity contribution in [2.75, 3.05) is 20.3 Å². The largest absolute Gasteiger partial charge is 1.00 e. The predicted molar refractivity (Wildman–Crippen MR) is 31.0 cm³/mol. The van der Waals surface area contributed by atoms with Crippen molar-refractivity contribution in [2.45, 2.75) is 0 Å². The Balaban J connectivity index is -0.000000320. The van der Waals surface area contributed by atoms with Gasteiger partial charge in [0.1, 0.15) is 0 Å². The average Bonchev–Trinajstić information content (AvgIpc) is 1.63. The fourth-order valence-corrected chi connectivity index (χ4v) is 0.552. The van der Waals surface area contributed by atoms with Crippen molar-refractivity contribution in [3.8, 4) is 0 Å². The van der Waals surface area contributed by atoms with Crippen molar-refractivity contribution in [1.29, 1.82) is 0 Å². The topological polar surface area (TPSA) is 76.0 Å². The van der Waals surface area contributed by atoms with Gasteiger partial charge in [-0.25, -0.2) is 4.57 Å². The first-order valence-corrected chi connectivity index (χ1v) is 3.78. The average molecular weight is 180 g/mol. The first kappa shape index (κ1) is 13.6. The number of ether oxygens (including phenoxy) is 1. The molecule has 0 saturated heterocycles. The van der Waals surface area contributed by atoms with Crippen LogP contribution in [0.15, 0.2) is 0 Å². The molecule has 2 N–H and O–H groups in total. The van der Waals surface area contributed by atoms with Gasteiger partial charge in [-0.05, 0) is 0 Å². The van der Waals surface area contributed by atoms with Gasteiger partial charge in [0.05, 0.1) is 13.2 Å². The Morgan fingerprint density at radius 1 is 1.50 bits per heavy atom. The Kier molecular flexibility index (Phi) is 9.22. The van der Waals surface area contributed by atoms with Crippen LogP contribution >= 0.6 is 7.82 Å². The van der Waals surface area contributed by atoms with E-state index >= 15 is 0 Å². The van der Waals surface area contributed by atoms with Crippen LogP contribution in [0, 0.1) is 0 Å². The van der Waals surface area contributed by atoms with Gasteiger partial charge in [-0.15, -0.1) is 0 Å². The molecule has 0 amide bonds. The minimum Gasteiger partial charge on any atom is -1.00 e. The molecule has 7 heteroatoms. The smallest absolute Gasteiger partial charge is 1.00 e. The summed E-state index contributed by atoms with van der Waals surface area (Å²) in [7, 11) is -2.86. The molecule has 0 aliphatic heterocycles. The van der Waals surface area contributed by atoms with E-state index in [4.69, 9.17) is 9.79 Å². The van der Waals surface area contributed by atoms with Gasteiger partial charge in [0, 0.05) is 7.11 Å². The van der Waals surface area contributed by atoms with E-state index in [0.717, 1.165) is 0 Å². The summed E-state index contributed by atoms with van der Waals surface area (Å²) in [6, 6.07) is 0. The van der Waals surface area contributed by atoms with Crippen LogP contribution in [0.5, 0.6) is 0 Å². The van der Waals surface area contributed by atoms with Crippen LogP contribution in [0.4, 0.5) is 0 Å². The number of hydrogen-bond donors (Lipinski definition) is 2.